The van der Waals surface area contributed by atoms with Gasteiger partial charge in [0.15, 0.2) is 0 Å². The van der Waals surface area contributed by atoms with Gasteiger partial charge in [-0.05, 0) is 34.0 Å². The molecule has 1 aromatic carbocycles. The number of aromatic amines is 1. The number of urea groups is 1. The molecule has 1 fully saturated rings. The second-order valence-electron chi connectivity index (χ2n) is 6.87. The normalized spacial score (nSPS) is 16.6. The highest BCUT2D eigenvalue weighted by Gasteiger charge is 2.39. The topological polar surface area (TPSA) is 85.5 Å². The average molecular weight is 396 g/mol. The monoisotopic (exact) mass is 396 g/mol. The molecule has 0 bridgehead atoms. The molecule has 0 aliphatic carbocycles. The van der Waals surface area contributed by atoms with Crippen LogP contribution < -0.4 is 5.32 Å². The lowest BCUT2D eigenvalue weighted by Crippen LogP contribution is -2.41. The summed E-state index contributed by atoms with van der Waals surface area (Å²) in [4.78, 5) is 43.2. The number of hydrogen-bond acceptors (Lipinski definition) is 4. The molecule has 3 aromatic rings. The van der Waals surface area contributed by atoms with Crippen LogP contribution in [0.15, 0.2) is 47.3 Å². The molecule has 1 saturated heterocycles. The van der Waals surface area contributed by atoms with Gasteiger partial charge in [-0.2, -0.15) is 11.3 Å². The molecule has 2 N–H and O–H groups in total. The number of H-pyrrole nitrogens is 1. The summed E-state index contributed by atoms with van der Waals surface area (Å²) in [5, 5.41) is 7.64. The number of thiophene rings is 1. The van der Waals surface area contributed by atoms with Crippen molar-refractivity contribution in [2.45, 2.75) is 19.0 Å². The van der Waals surface area contributed by atoms with E-state index in [0.717, 1.165) is 26.9 Å². The number of para-hydroxylation sites is 1. The Morgan fingerprint density at radius 3 is 2.86 bits per heavy atom. The summed E-state index contributed by atoms with van der Waals surface area (Å²) in [6.45, 7) is 0.195. The fraction of sp³-hybridized carbons (Fsp3) is 0.250. The molecule has 28 heavy (non-hydrogen) atoms. The molecule has 1 atom stereocenters. The lowest BCUT2D eigenvalue weighted by atomic mass is 10.1. The van der Waals surface area contributed by atoms with Crippen molar-refractivity contribution < 1.29 is 14.4 Å². The standard InChI is InChI=1S/C20H20N4O3S/c1-23(10-13-6-7-28-12-13)18(25)11-24-19(26)17(22-20(24)27)8-14-9-21-16-5-3-2-4-15(14)16/h2-7,9,12,17,21H,8,10-11H2,1H3,(H,22,27). The Kier molecular flexibility index (Phi) is 4.87. The Labute approximate surface area is 165 Å². The third-order valence-electron chi connectivity index (χ3n) is 4.92. The third kappa shape index (κ3) is 3.50. The van der Waals surface area contributed by atoms with E-state index in [-0.39, 0.29) is 18.4 Å². The fourth-order valence-electron chi connectivity index (χ4n) is 3.39. The Bertz CT molecular complexity index is 1030. The van der Waals surface area contributed by atoms with Crippen molar-refractivity contribution in [2.75, 3.05) is 13.6 Å². The first-order chi connectivity index (χ1) is 13.5. The predicted molar refractivity (Wildman–Crippen MR) is 107 cm³/mol. The summed E-state index contributed by atoms with van der Waals surface area (Å²) in [5.41, 5.74) is 2.96. The van der Waals surface area contributed by atoms with Crippen LogP contribution in [-0.2, 0) is 22.6 Å². The predicted octanol–water partition coefficient (Wildman–Crippen LogP) is 2.35. The van der Waals surface area contributed by atoms with Gasteiger partial charge in [-0.3, -0.25) is 14.5 Å². The Morgan fingerprint density at radius 2 is 2.07 bits per heavy atom. The second-order valence-corrected chi connectivity index (χ2v) is 7.65. The first-order valence-corrected chi connectivity index (χ1v) is 9.89. The number of nitrogens with one attached hydrogen (secondary N) is 2. The minimum absolute atomic E-state index is 0.254. The van der Waals surface area contributed by atoms with E-state index in [4.69, 9.17) is 0 Å². The van der Waals surface area contributed by atoms with Crippen molar-refractivity contribution in [2.24, 2.45) is 0 Å². The number of nitrogens with zero attached hydrogens (tertiary/aromatic N) is 2. The van der Waals surface area contributed by atoms with Crippen LogP contribution in [-0.4, -0.2) is 52.3 Å². The van der Waals surface area contributed by atoms with Gasteiger partial charge in [0.25, 0.3) is 5.91 Å². The zero-order valence-corrected chi connectivity index (χ0v) is 16.2. The molecule has 1 aliphatic heterocycles. The van der Waals surface area contributed by atoms with Gasteiger partial charge in [-0.25, -0.2) is 4.79 Å². The smallest absolute Gasteiger partial charge is 0.325 e. The van der Waals surface area contributed by atoms with Crippen molar-refractivity contribution in [3.8, 4) is 0 Å². The van der Waals surface area contributed by atoms with E-state index < -0.39 is 12.1 Å². The molecule has 0 spiro atoms. The maximum Gasteiger partial charge on any atom is 0.325 e. The molecule has 0 radical (unpaired) electrons. The molecule has 2 aromatic heterocycles. The summed E-state index contributed by atoms with van der Waals surface area (Å²) in [7, 11) is 1.67. The maximum atomic E-state index is 12.7. The SMILES string of the molecule is CN(Cc1ccsc1)C(=O)CN1C(=O)NC(Cc2c[nH]c3ccccc23)C1=O. The van der Waals surface area contributed by atoms with Gasteiger partial charge in [0.2, 0.25) is 5.91 Å². The quantitative estimate of drug-likeness (QED) is 0.627. The van der Waals surface area contributed by atoms with Gasteiger partial charge >= 0.3 is 6.03 Å². The molecule has 1 aliphatic rings. The molecular weight excluding hydrogens is 376 g/mol. The van der Waals surface area contributed by atoms with Gasteiger partial charge < -0.3 is 15.2 Å². The number of carbonyl (C=O) groups excluding carboxylic acids is 3. The molecule has 144 valence electrons. The highest BCUT2D eigenvalue weighted by atomic mass is 32.1. The third-order valence-corrected chi connectivity index (χ3v) is 5.66. The molecule has 0 saturated carbocycles. The number of rotatable bonds is 6. The van der Waals surface area contributed by atoms with Crippen LogP contribution in [0, 0.1) is 0 Å². The first-order valence-electron chi connectivity index (χ1n) is 8.95. The second kappa shape index (κ2) is 7.47. The van der Waals surface area contributed by atoms with Crippen molar-refractivity contribution >= 4 is 40.1 Å². The van der Waals surface area contributed by atoms with Crippen molar-refractivity contribution in [3.63, 3.8) is 0 Å². The molecular formula is C20H20N4O3S. The zero-order chi connectivity index (χ0) is 19.7. The minimum Gasteiger partial charge on any atom is -0.361 e. The number of amides is 4. The lowest BCUT2D eigenvalue weighted by molar-refractivity contribution is -0.136. The summed E-state index contributed by atoms with van der Waals surface area (Å²) >= 11 is 1.56. The maximum absolute atomic E-state index is 12.7. The summed E-state index contributed by atoms with van der Waals surface area (Å²) in [6, 6.07) is 8.56. The largest absolute Gasteiger partial charge is 0.361 e. The Morgan fingerprint density at radius 1 is 1.25 bits per heavy atom. The molecule has 8 heteroatoms. The van der Waals surface area contributed by atoms with Crippen molar-refractivity contribution in [1.82, 2.24) is 20.1 Å². The van der Waals surface area contributed by atoms with E-state index in [1.165, 1.54) is 4.90 Å². The van der Waals surface area contributed by atoms with Crippen LogP contribution in [0.5, 0.6) is 0 Å². The highest BCUT2D eigenvalue weighted by Crippen LogP contribution is 2.21. The zero-order valence-electron chi connectivity index (χ0n) is 15.3. The molecule has 3 heterocycles. The average Bonchev–Trinajstić information content (AvgIpc) is 3.39. The van der Waals surface area contributed by atoms with Crippen LogP contribution >= 0.6 is 11.3 Å². The number of imide groups is 1. The number of hydrogen-bond donors (Lipinski definition) is 2. The van der Waals surface area contributed by atoms with Gasteiger partial charge in [-0.1, -0.05) is 18.2 Å². The van der Waals surface area contributed by atoms with Crippen LogP contribution in [0.2, 0.25) is 0 Å². The van der Waals surface area contributed by atoms with E-state index in [9.17, 15) is 14.4 Å². The number of likely N-dealkylation sites (N-methyl/N-ethyl adjacent to an activating group) is 1. The van der Waals surface area contributed by atoms with E-state index in [1.807, 2.05) is 47.3 Å². The molecule has 1 unspecified atom stereocenters. The summed E-state index contributed by atoms with van der Waals surface area (Å²) in [6.07, 6.45) is 2.23. The Balaban J connectivity index is 1.41. The van der Waals surface area contributed by atoms with Crippen LogP contribution in [0.25, 0.3) is 10.9 Å². The number of benzene rings is 1. The van der Waals surface area contributed by atoms with Crippen LogP contribution in [0.4, 0.5) is 4.79 Å². The van der Waals surface area contributed by atoms with Crippen LogP contribution in [0.3, 0.4) is 0 Å². The minimum atomic E-state index is -0.665. The highest BCUT2D eigenvalue weighted by molar-refractivity contribution is 7.07. The molecule has 4 rings (SSSR count). The van der Waals surface area contributed by atoms with E-state index in [1.54, 1.807) is 18.4 Å². The van der Waals surface area contributed by atoms with Gasteiger partial charge in [0.1, 0.15) is 12.6 Å². The lowest BCUT2D eigenvalue weighted by Gasteiger charge is -2.19. The molecule has 7 nitrogen and oxygen atoms in total. The summed E-state index contributed by atoms with van der Waals surface area (Å²) < 4.78 is 0. The number of aromatic nitrogens is 1. The van der Waals surface area contributed by atoms with E-state index in [0.29, 0.717) is 13.0 Å². The first kappa shape index (κ1) is 18.2. The van der Waals surface area contributed by atoms with E-state index >= 15 is 0 Å². The van der Waals surface area contributed by atoms with E-state index in [2.05, 4.69) is 10.3 Å². The van der Waals surface area contributed by atoms with Gasteiger partial charge in [0.05, 0.1) is 0 Å². The fourth-order valence-corrected chi connectivity index (χ4v) is 4.05. The van der Waals surface area contributed by atoms with Crippen LogP contribution in [0.1, 0.15) is 11.1 Å². The van der Waals surface area contributed by atoms with Crippen molar-refractivity contribution in [3.05, 3.63) is 58.4 Å². The Hall–Kier alpha value is -3.13. The van der Waals surface area contributed by atoms with Crippen molar-refractivity contribution in [1.29, 1.82) is 0 Å². The number of carbonyl (C=O) groups is 3. The summed E-state index contributed by atoms with van der Waals surface area (Å²) in [5.74, 6) is -0.644. The number of fused-ring (bicyclic) bond motifs is 1. The van der Waals surface area contributed by atoms with Gasteiger partial charge in [-0.15, -0.1) is 0 Å². The van der Waals surface area contributed by atoms with Gasteiger partial charge in [0, 0.05) is 37.1 Å². The molecule has 4 amide bonds.